The molecule has 0 aliphatic carbocycles. The molecule has 0 spiro atoms. The number of rotatable bonds is 4. The van der Waals surface area contributed by atoms with E-state index < -0.39 is 30.9 Å². The number of aliphatic carboxylic acids is 1. The van der Waals surface area contributed by atoms with Crippen molar-refractivity contribution in [2.75, 3.05) is 13.2 Å². The van der Waals surface area contributed by atoms with Gasteiger partial charge in [0.1, 0.15) is 12.1 Å². The third kappa shape index (κ3) is 5.42. The number of halogens is 3. The van der Waals surface area contributed by atoms with E-state index in [1.807, 2.05) is 0 Å². The number of ether oxygens (including phenoxy) is 1. The highest BCUT2D eigenvalue weighted by Crippen LogP contribution is 2.15. The maximum absolute atomic E-state index is 11.5. The van der Waals surface area contributed by atoms with Crippen LogP contribution in [-0.4, -0.2) is 36.0 Å². The summed E-state index contributed by atoms with van der Waals surface area (Å²) in [5.41, 5.74) is 3.31. The van der Waals surface area contributed by atoms with Crippen molar-refractivity contribution in [3.05, 3.63) is 0 Å². The fourth-order valence-electron chi connectivity index (χ4n) is 0.441. The van der Waals surface area contributed by atoms with Crippen molar-refractivity contribution in [3.8, 4) is 0 Å². The zero-order chi connectivity index (χ0) is 10.7. The highest BCUT2D eigenvalue weighted by Gasteiger charge is 2.32. The molecule has 0 aromatic heterocycles. The van der Waals surface area contributed by atoms with E-state index in [0.29, 0.717) is 0 Å². The second-order valence-corrected chi connectivity index (χ2v) is 2.83. The van der Waals surface area contributed by atoms with E-state index in [4.69, 9.17) is 10.8 Å². The van der Waals surface area contributed by atoms with E-state index in [1.165, 1.54) is 0 Å². The Morgan fingerprint density at radius 2 is 1.92 bits per heavy atom. The molecule has 0 amide bonds. The Hall–Kier alpha value is -0.820. The molecule has 0 aromatic rings. The summed E-state index contributed by atoms with van der Waals surface area (Å²) in [6, 6.07) is 0. The molecule has 0 aliphatic rings. The summed E-state index contributed by atoms with van der Waals surface area (Å²) in [4.78, 5) is 10.3. The minimum absolute atomic E-state index is 0.679. The van der Waals surface area contributed by atoms with Gasteiger partial charge >= 0.3 is 12.1 Å². The topological polar surface area (TPSA) is 72.5 Å². The van der Waals surface area contributed by atoms with Gasteiger partial charge in [0, 0.05) is 0 Å². The Kier molecular flexibility index (Phi) is 3.68. The first-order chi connectivity index (χ1) is 5.65. The molecule has 78 valence electrons. The van der Waals surface area contributed by atoms with Gasteiger partial charge in [0.05, 0.1) is 6.61 Å². The van der Waals surface area contributed by atoms with Crippen LogP contribution in [0.1, 0.15) is 6.92 Å². The van der Waals surface area contributed by atoms with Gasteiger partial charge in [-0.3, -0.25) is 4.79 Å². The zero-order valence-electron chi connectivity index (χ0n) is 6.89. The van der Waals surface area contributed by atoms with E-state index in [9.17, 15) is 18.0 Å². The first kappa shape index (κ1) is 12.2. The van der Waals surface area contributed by atoms with E-state index in [1.54, 1.807) is 0 Å². The van der Waals surface area contributed by atoms with Gasteiger partial charge in [-0.15, -0.1) is 0 Å². The van der Waals surface area contributed by atoms with Crippen LogP contribution in [0, 0.1) is 0 Å². The van der Waals surface area contributed by atoms with Gasteiger partial charge in [0.25, 0.3) is 0 Å². The Morgan fingerprint density at radius 3 is 2.23 bits per heavy atom. The lowest BCUT2D eigenvalue weighted by molar-refractivity contribution is -0.180. The number of carboxylic acids is 1. The summed E-state index contributed by atoms with van der Waals surface area (Å²) >= 11 is 0. The fraction of sp³-hybridized carbons (Fsp3) is 0.833. The second-order valence-electron chi connectivity index (χ2n) is 2.83. The van der Waals surface area contributed by atoms with Crippen LogP contribution in [0.5, 0.6) is 0 Å². The monoisotopic (exact) mass is 201 g/mol. The number of alkyl halides is 3. The number of nitrogens with two attached hydrogens (primary N) is 1. The molecule has 0 aliphatic heterocycles. The molecule has 0 radical (unpaired) electrons. The molecule has 0 rings (SSSR count). The molecule has 7 heteroatoms. The third-order valence-electron chi connectivity index (χ3n) is 1.16. The summed E-state index contributed by atoms with van der Waals surface area (Å²) < 4.78 is 38.6. The smallest absolute Gasteiger partial charge is 0.411 e. The summed E-state index contributed by atoms with van der Waals surface area (Å²) in [6.07, 6.45) is -4.46. The number of carbonyl (C=O) groups is 1. The van der Waals surface area contributed by atoms with Crippen molar-refractivity contribution in [3.63, 3.8) is 0 Å². The van der Waals surface area contributed by atoms with Gasteiger partial charge in [0.15, 0.2) is 0 Å². The fourth-order valence-corrected chi connectivity index (χ4v) is 0.441. The largest absolute Gasteiger partial charge is 0.480 e. The van der Waals surface area contributed by atoms with Crippen LogP contribution in [-0.2, 0) is 9.53 Å². The number of hydrogen-bond donors (Lipinski definition) is 2. The molecule has 0 aromatic carbocycles. The predicted octanol–water partition coefficient (Wildman–Crippen LogP) is 0.367. The van der Waals surface area contributed by atoms with E-state index in [-0.39, 0.29) is 0 Å². The van der Waals surface area contributed by atoms with Crippen LogP contribution in [0.2, 0.25) is 0 Å². The van der Waals surface area contributed by atoms with Crippen molar-refractivity contribution in [1.82, 2.24) is 0 Å². The predicted molar refractivity (Wildman–Crippen MR) is 37.1 cm³/mol. The van der Waals surface area contributed by atoms with Gasteiger partial charge in [-0.2, -0.15) is 13.2 Å². The van der Waals surface area contributed by atoms with Crippen LogP contribution in [0.25, 0.3) is 0 Å². The molecule has 0 saturated carbocycles. The molecular weight excluding hydrogens is 191 g/mol. The van der Waals surface area contributed by atoms with Crippen molar-refractivity contribution in [1.29, 1.82) is 0 Å². The first-order valence-corrected chi connectivity index (χ1v) is 3.32. The molecule has 13 heavy (non-hydrogen) atoms. The lowest BCUT2D eigenvalue weighted by Gasteiger charge is -2.19. The summed E-state index contributed by atoms with van der Waals surface area (Å²) in [6.45, 7) is -1.10. The number of carboxylic acid groups (broad SMARTS) is 1. The minimum atomic E-state index is -4.46. The summed E-state index contributed by atoms with van der Waals surface area (Å²) in [5, 5.41) is 8.38. The molecular formula is C6H10F3NO3. The lowest BCUT2D eigenvalue weighted by Crippen LogP contribution is -2.49. The van der Waals surface area contributed by atoms with Gasteiger partial charge in [-0.1, -0.05) is 0 Å². The molecule has 0 bridgehead atoms. The highest BCUT2D eigenvalue weighted by molar-refractivity contribution is 5.77. The van der Waals surface area contributed by atoms with Crippen LogP contribution in [0.3, 0.4) is 0 Å². The van der Waals surface area contributed by atoms with Gasteiger partial charge in [0.2, 0.25) is 0 Å². The normalized spacial score (nSPS) is 16.7. The lowest BCUT2D eigenvalue weighted by atomic mass is 10.1. The quantitative estimate of drug-likeness (QED) is 0.689. The first-order valence-electron chi connectivity index (χ1n) is 3.32. The Labute approximate surface area is 72.5 Å². The maximum atomic E-state index is 11.5. The third-order valence-corrected chi connectivity index (χ3v) is 1.16. The van der Waals surface area contributed by atoms with Gasteiger partial charge in [-0.05, 0) is 6.92 Å². The Bertz CT molecular complexity index is 190. The Morgan fingerprint density at radius 1 is 1.46 bits per heavy atom. The van der Waals surface area contributed by atoms with E-state index in [0.717, 1.165) is 6.92 Å². The SMILES string of the molecule is CC(N)(COCC(F)(F)F)C(=O)O. The molecule has 0 saturated heterocycles. The number of hydrogen-bond acceptors (Lipinski definition) is 3. The van der Waals surface area contributed by atoms with E-state index in [2.05, 4.69) is 4.74 Å². The van der Waals surface area contributed by atoms with Crippen molar-refractivity contribution in [2.45, 2.75) is 18.6 Å². The van der Waals surface area contributed by atoms with Crippen LogP contribution in [0.15, 0.2) is 0 Å². The zero-order valence-corrected chi connectivity index (χ0v) is 6.89. The summed E-state index contributed by atoms with van der Waals surface area (Å²) in [5.74, 6) is -1.41. The van der Waals surface area contributed by atoms with Crippen molar-refractivity contribution in [2.24, 2.45) is 5.73 Å². The maximum Gasteiger partial charge on any atom is 0.411 e. The van der Waals surface area contributed by atoms with Crippen LogP contribution >= 0.6 is 0 Å². The average Bonchev–Trinajstić information content (AvgIpc) is 1.82. The van der Waals surface area contributed by atoms with Crippen LogP contribution < -0.4 is 5.73 Å². The van der Waals surface area contributed by atoms with Crippen molar-refractivity contribution >= 4 is 5.97 Å². The molecule has 1 atom stereocenters. The van der Waals surface area contributed by atoms with Gasteiger partial charge < -0.3 is 15.6 Å². The second kappa shape index (κ2) is 3.93. The summed E-state index contributed by atoms with van der Waals surface area (Å²) in [7, 11) is 0. The molecule has 0 heterocycles. The van der Waals surface area contributed by atoms with E-state index >= 15 is 0 Å². The molecule has 0 fully saturated rings. The van der Waals surface area contributed by atoms with Crippen LogP contribution in [0.4, 0.5) is 13.2 Å². The highest BCUT2D eigenvalue weighted by atomic mass is 19.4. The average molecular weight is 201 g/mol. The molecule has 3 N–H and O–H groups in total. The Balaban J connectivity index is 3.84. The molecule has 4 nitrogen and oxygen atoms in total. The minimum Gasteiger partial charge on any atom is -0.480 e. The standard InChI is InChI=1S/C6H10F3NO3/c1-5(10,4(11)12)2-13-3-6(7,8)9/h2-3,10H2,1H3,(H,11,12). The van der Waals surface area contributed by atoms with Gasteiger partial charge in [-0.25, -0.2) is 0 Å². The molecule has 1 unspecified atom stereocenters. The van der Waals surface area contributed by atoms with Crippen molar-refractivity contribution < 1.29 is 27.8 Å².